The maximum atomic E-state index is 11.7. The molecule has 0 spiro atoms. The molecule has 0 heterocycles. The Morgan fingerprint density at radius 2 is 1.85 bits per heavy atom. The molecule has 1 aromatic rings. The van der Waals surface area contributed by atoms with Crippen LogP contribution in [0.4, 0.5) is 0 Å². The molecule has 0 saturated carbocycles. The van der Waals surface area contributed by atoms with E-state index < -0.39 is 0 Å². The largest absolute Gasteiger partial charge is 0.435 e. The molecular formula is C16H20O3S. The first-order valence-electron chi connectivity index (χ1n) is 6.63. The number of benzene rings is 1. The highest BCUT2D eigenvalue weighted by molar-refractivity contribution is 8.12. The monoisotopic (exact) mass is 292 g/mol. The summed E-state index contributed by atoms with van der Waals surface area (Å²) in [6.07, 6.45) is 3.35. The average molecular weight is 292 g/mol. The van der Waals surface area contributed by atoms with E-state index in [9.17, 15) is 9.59 Å². The highest BCUT2D eigenvalue weighted by Gasteiger charge is 2.05. The van der Waals surface area contributed by atoms with E-state index in [0.717, 1.165) is 11.8 Å². The molecule has 0 N–H and O–H groups in total. The van der Waals surface area contributed by atoms with Crippen LogP contribution in [0.15, 0.2) is 37.1 Å². The van der Waals surface area contributed by atoms with Crippen molar-refractivity contribution in [3.8, 4) is 0 Å². The second-order valence-electron chi connectivity index (χ2n) is 4.51. The van der Waals surface area contributed by atoms with E-state index in [-0.39, 0.29) is 11.1 Å². The van der Waals surface area contributed by atoms with E-state index in [2.05, 4.69) is 11.3 Å². The summed E-state index contributed by atoms with van der Waals surface area (Å²) < 4.78 is 4.60. The van der Waals surface area contributed by atoms with E-state index in [1.54, 1.807) is 0 Å². The minimum absolute atomic E-state index is 0.169. The molecule has 1 aromatic carbocycles. The van der Waals surface area contributed by atoms with Crippen molar-refractivity contribution in [2.75, 3.05) is 0 Å². The molecule has 0 aromatic heterocycles. The summed E-state index contributed by atoms with van der Waals surface area (Å²) in [6.45, 7) is 5.36. The molecule has 3 nitrogen and oxygen atoms in total. The molecule has 4 heteroatoms. The van der Waals surface area contributed by atoms with E-state index in [0.29, 0.717) is 31.4 Å². The maximum absolute atomic E-state index is 11.7. The summed E-state index contributed by atoms with van der Waals surface area (Å²) in [5.74, 6) is 0.414. The van der Waals surface area contributed by atoms with Crippen LogP contribution < -0.4 is 0 Å². The predicted octanol–water partition coefficient (Wildman–Crippen LogP) is 4.00. The van der Waals surface area contributed by atoms with Gasteiger partial charge in [-0.2, -0.15) is 0 Å². The van der Waals surface area contributed by atoms with Crippen molar-refractivity contribution >= 4 is 22.8 Å². The van der Waals surface area contributed by atoms with Crippen molar-refractivity contribution in [3.05, 3.63) is 48.2 Å². The molecule has 0 amide bonds. The van der Waals surface area contributed by atoms with Crippen LogP contribution in [0.5, 0.6) is 0 Å². The molecule has 1 rings (SSSR count). The van der Waals surface area contributed by atoms with E-state index in [1.165, 1.54) is 17.3 Å². The number of aryl methyl sites for hydroxylation is 1. The molecule has 0 saturated heterocycles. The van der Waals surface area contributed by atoms with Gasteiger partial charge in [0.15, 0.2) is 5.12 Å². The van der Waals surface area contributed by atoms with Crippen molar-refractivity contribution in [1.82, 2.24) is 0 Å². The third kappa shape index (κ3) is 7.14. The molecule has 0 fully saturated rings. The molecule has 0 unspecified atom stereocenters. The molecule has 0 aliphatic carbocycles. The Morgan fingerprint density at radius 1 is 1.20 bits per heavy atom. The van der Waals surface area contributed by atoms with Crippen molar-refractivity contribution in [2.45, 2.75) is 38.4 Å². The van der Waals surface area contributed by atoms with Gasteiger partial charge in [0.25, 0.3) is 0 Å². The molecule has 0 bridgehead atoms. The van der Waals surface area contributed by atoms with Gasteiger partial charge in [-0.3, -0.25) is 9.59 Å². The van der Waals surface area contributed by atoms with Crippen LogP contribution in [0.2, 0.25) is 0 Å². The van der Waals surface area contributed by atoms with Gasteiger partial charge in [0.05, 0.1) is 6.26 Å². The lowest BCUT2D eigenvalue weighted by Gasteiger charge is -2.02. The molecule has 108 valence electrons. The Morgan fingerprint density at radius 3 is 2.50 bits per heavy atom. The number of ether oxygens (including phenoxy) is 1. The highest BCUT2D eigenvalue weighted by atomic mass is 32.2. The van der Waals surface area contributed by atoms with Gasteiger partial charge in [0, 0.05) is 18.6 Å². The Hall–Kier alpha value is -1.55. The standard InChI is InChI=1S/C16H20O3S/c1-3-19-15(17)6-4-5-7-16(18)20-12-14-10-8-13(2)9-11-14/h3,8-11H,1,4-7,12H2,2H3. The van der Waals surface area contributed by atoms with Crippen LogP contribution in [0.3, 0.4) is 0 Å². The summed E-state index contributed by atoms with van der Waals surface area (Å²) in [4.78, 5) is 22.7. The second kappa shape index (κ2) is 9.37. The van der Waals surface area contributed by atoms with Crippen LogP contribution in [0, 0.1) is 6.92 Å². The van der Waals surface area contributed by atoms with Crippen molar-refractivity contribution in [3.63, 3.8) is 0 Å². The molecule has 0 aliphatic rings. The first-order valence-corrected chi connectivity index (χ1v) is 7.62. The van der Waals surface area contributed by atoms with E-state index in [1.807, 2.05) is 31.2 Å². The smallest absolute Gasteiger partial charge is 0.310 e. The minimum Gasteiger partial charge on any atom is -0.435 e. The summed E-state index contributed by atoms with van der Waals surface area (Å²) in [5.41, 5.74) is 2.37. The van der Waals surface area contributed by atoms with Gasteiger partial charge in [0.2, 0.25) is 0 Å². The fourth-order valence-electron chi connectivity index (χ4n) is 1.61. The van der Waals surface area contributed by atoms with Gasteiger partial charge in [-0.15, -0.1) is 0 Å². The zero-order valence-corrected chi connectivity index (χ0v) is 12.6. The SMILES string of the molecule is C=COC(=O)CCCCC(=O)SCc1ccc(C)cc1. The lowest BCUT2D eigenvalue weighted by Crippen LogP contribution is -2.00. The summed E-state index contributed by atoms with van der Waals surface area (Å²) in [6, 6.07) is 8.18. The third-order valence-corrected chi connectivity index (χ3v) is 3.75. The fraction of sp³-hybridized carbons (Fsp3) is 0.375. The summed E-state index contributed by atoms with van der Waals surface area (Å²) in [5, 5.41) is 0.169. The number of thioether (sulfide) groups is 1. The number of carbonyl (C=O) groups is 2. The average Bonchev–Trinajstić information content (AvgIpc) is 2.43. The van der Waals surface area contributed by atoms with E-state index in [4.69, 9.17) is 0 Å². The Kier molecular flexibility index (Phi) is 7.73. The number of carbonyl (C=O) groups excluding carboxylic acids is 2. The van der Waals surface area contributed by atoms with Crippen LogP contribution in [-0.2, 0) is 20.1 Å². The summed E-state index contributed by atoms with van der Waals surface area (Å²) >= 11 is 1.33. The normalized spacial score (nSPS) is 10.1. The molecular weight excluding hydrogens is 272 g/mol. The van der Waals surface area contributed by atoms with Crippen LogP contribution in [0.25, 0.3) is 0 Å². The Balaban J connectivity index is 2.13. The quantitative estimate of drug-likeness (QED) is 0.412. The Bertz CT molecular complexity index is 451. The van der Waals surface area contributed by atoms with Crippen LogP contribution >= 0.6 is 11.8 Å². The van der Waals surface area contributed by atoms with Crippen molar-refractivity contribution in [2.24, 2.45) is 0 Å². The number of hydrogen-bond acceptors (Lipinski definition) is 4. The lowest BCUT2D eigenvalue weighted by molar-refractivity contribution is -0.138. The van der Waals surface area contributed by atoms with Crippen LogP contribution in [-0.4, -0.2) is 11.1 Å². The van der Waals surface area contributed by atoms with Crippen LogP contribution in [0.1, 0.15) is 36.8 Å². The highest BCUT2D eigenvalue weighted by Crippen LogP contribution is 2.17. The first-order chi connectivity index (χ1) is 9.61. The van der Waals surface area contributed by atoms with Gasteiger partial charge in [0.1, 0.15) is 0 Å². The zero-order valence-electron chi connectivity index (χ0n) is 11.8. The number of esters is 1. The van der Waals surface area contributed by atoms with Gasteiger partial charge >= 0.3 is 5.97 Å². The maximum Gasteiger partial charge on any atom is 0.310 e. The third-order valence-electron chi connectivity index (χ3n) is 2.75. The second-order valence-corrected chi connectivity index (χ2v) is 5.54. The number of hydrogen-bond donors (Lipinski definition) is 0. The van der Waals surface area contributed by atoms with E-state index >= 15 is 0 Å². The van der Waals surface area contributed by atoms with Gasteiger partial charge in [-0.05, 0) is 25.3 Å². The zero-order chi connectivity index (χ0) is 14.8. The summed E-state index contributed by atoms with van der Waals surface area (Å²) in [7, 11) is 0. The Labute approximate surface area is 124 Å². The lowest BCUT2D eigenvalue weighted by atomic mass is 10.2. The fourth-order valence-corrected chi connectivity index (χ4v) is 2.42. The number of rotatable bonds is 8. The predicted molar refractivity (Wildman–Crippen MR) is 82.2 cm³/mol. The van der Waals surface area contributed by atoms with Crippen molar-refractivity contribution in [1.29, 1.82) is 0 Å². The molecule has 0 radical (unpaired) electrons. The minimum atomic E-state index is -0.292. The topological polar surface area (TPSA) is 43.4 Å². The van der Waals surface area contributed by atoms with Gasteiger partial charge in [-0.25, -0.2) is 0 Å². The van der Waals surface area contributed by atoms with Gasteiger partial charge in [-0.1, -0.05) is 48.2 Å². The molecule has 20 heavy (non-hydrogen) atoms. The molecule has 0 atom stereocenters. The first kappa shape index (κ1) is 16.5. The van der Waals surface area contributed by atoms with Gasteiger partial charge < -0.3 is 4.74 Å². The number of unbranched alkanes of at least 4 members (excludes halogenated alkanes) is 1. The van der Waals surface area contributed by atoms with Crippen molar-refractivity contribution < 1.29 is 14.3 Å². The molecule has 0 aliphatic heterocycles.